The maximum atomic E-state index is 3.62. The third-order valence-electron chi connectivity index (χ3n) is 4.87. The van der Waals surface area contributed by atoms with E-state index < -0.39 is 0 Å². The first-order valence-electron chi connectivity index (χ1n) is 8.41. The third-order valence-corrected chi connectivity index (χ3v) is 4.87. The molecule has 2 unspecified atom stereocenters. The lowest BCUT2D eigenvalue weighted by molar-refractivity contribution is 0.164. The third kappa shape index (κ3) is 4.17. The van der Waals surface area contributed by atoms with E-state index in [1.54, 1.807) is 0 Å². The van der Waals surface area contributed by atoms with Crippen LogP contribution < -0.4 is 5.32 Å². The number of hydrogen-bond donors (Lipinski definition) is 1. The zero-order chi connectivity index (χ0) is 13.7. The lowest BCUT2D eigenvalue weighted by Gasteiger charge is -2.32. The normalized spacial score (nSPS) is 27.5. The summed E-state index contributed by atoms with van der Waals surface area (Å²) in [6.07, 6.45) is 5.46. The molecule has 0 aromatic rings. The van der Waals surface area contributed by atoms with Crippen molar-refractivity contribution in [1.82, 2.24) is 15.1 Å². The second-order valence-corrected chi connectivity index (χ2v) is 6.70. The molecule has 2 fully saturated rings. The van der Waals surface area contributed by atoms with E-state index in [2.05, 4.69) is 35.9 Å². The van der Waals surface area contributed by atoms with E-state index in [-0.39, 0.29) is 0 Å². The van der Waals surface area contributed by atoms with E-state index in [9.17, 15) is 0 Å². The maximum Gasteiger partial charge on any atom is 0.0244 e. The molecule has 0 spiro atoms. The maximum absolute atomic E-state index is 3.62. The Kier molecular flexibility index (Phi) is 6.11. The van der Waals surface area contributed by atoms with Crippen molar-refractivity contribution in [3.63, 3.8) is 0 Å². The van der Waals surface area contributed by atoms with Crippen LogP contribution in [-0.2, 0) is 0 Å². The molecule has 112 valence electrons. The Morgan fingerprint density at radius 2 is 1.89 bits per heavy atom. The molecule has 0 amide bonds. The van der Waals surface area contributed by atoms with Crippen molar-refractivity contribution < 1.29 is 0 Å². The van der Waals surface area contributed by atoms with E-state index in [4.69, 9.17) is 0 Å². The van der Waals surface area contributed by atoms with Gasteiger partial charge in [-0.15, -0.1) is 0 Å². The minimum absolute atomic E-state index is 0.721. The highest BCUT2D eigenvalue weighted by atomic mass is 15.3. The Hall–Kier alpha value is -0.120. The molecule has 2 saturated heterocycles. The summed E-state index contributed by atoms with van der Waals surface area (Å²) in [6, 6.07) is 1.56. The molecule has 0 aromatic carbocycles. The van der Waals surface area contributed by atoms with Crippen LogP contribution in [0.4, 0.5) is 0 Å². The highest BCUT2D eigenvalue weighted by Gasteiger charge is 2.33. The van der Waals surface area contributed by atoms with Crippen molar-refractivity contribution in [3.05, 3.63) is 0 Å². The molecule has 2 aliphatic rings. The topological polar surface area (TPSA) is 18.5 Å². The first-order chi connectivity index (χ1) is 9.22. The first kappa shape index (κ1) is 15.3. The minimum Gasteiger partial charge on any atom is -0.315 e. The number of nitrogens with zero attached hydrogens (tertiary/aromatic N) is 2. The average Bonchev–Trinajstić information content (AvgIpc) is 3.04. The van der Waals surface area contributed by atoms with Gasteiger partial charge in [0.25, 0.3) is 0 Å². The summed E-state index contributed by atoms with van der Waals surface area (Å²) in [5.74, 6) is 0.752. The summed E-state index contributed by atoms with van der Waals surface area (Å²) in [5, 5.41) is 3.62. The summed E-state index contributed by atoms with van der Waals surface area (Å²) >= 11 is 0. The fourth-order valence-electron chi connectivity index (χ4n) is 3.69. The Labute approximate surface area is 119 Å². The zero-order valence-electron chi connectivity index (χ0n) is 13.2. The van der Waals surface area contributed by atoms with Gasteiger partial charge in [0.2, 0.25) is 0 Å². The van der Waals surface area contributed by atoms with Gasteiger partial charge in [0.1, 0.15) is 0 Å². The van der Waals surface area contributed by atoms with Crippen LogP contribution in [0.5, 0.6) is 0 Å². The number of nitrogens with one attached hydrogen (secondary N) is 1. The van der Waals surface area contributed by atoms with Crippen LogP contribution in [0.2, 0.25) is 0 Å². The molecule has 3 nitrogen and oxygen atoms in total. The monoisotopic (exact) mass is 267 g/mol. The highest BCUT2D eigenvalue weighted by Crippen LogP contribution is 2.23. The van der Waals surface area contributed by atoms with Gasteiger partial charge in [-0.05, 0) is 51.2 Å². The fraction of sp³-hybridized carbons (Fsp3) is 1.00. The predicted octanol–water partition coefficient (Wildman–Crippen LogP) is 2.18. The zero-order valence-corrected chi connectivity index (χ0v) is 13.2. The van der Waals surface area contributed by atoms with E-state index in [1.165, 1.54) is 51.9 Å². The lowest BCUT2D eigenvalue weighted by Crippen LogP contribution is -2.46. The quantitative estimate of drug-likeness (QED) is 0.713. The lowest BCUT2D eigenvalue weighted by atomic mass is 10.0. The molecule has 2 heterocycles. The first-order valence-corrected chi connectivity index (χ1v) is 8.41. The molecule has 0 radical (unpaired) electrons. The Morgan fingerprint density at radius 1 is 1.16 bits per heavy atom. The van der Waals surface area contributed by atoms with Gasteiger partial charge in [-0.2, -0.15) is 0 Å². The van der Waals surface area contributed by atoms with Crippen molar-refractivity contribution in [2.24, 2.45) is 5.92 Å². The minimum atomic E-state index is 0.721. The smallest absolute Gasteiger partial charge is 0.0244 e. The largest absolute Gasteiger partial charge is 0.315 e. The highest BCUT2D eigenvalue weighted by molar-refractivity contribution is 4.90. The Bertz CT molecular complexity index is 248. The SMILES string of the molecule is CCCNCC(C(C)C)N1CCC(N2CCCC2)C1. The van der Waals surface area contributed by atoms with E-state index in [0.29, 0.717) is 0 Å². The van der Waals surface area contributed by atoms with Crippen molar-refractivity contribution in [2.75, 3.05) is 39.3 Å². The summed E-state index contributed by atoms with van der Waals surface area (Å²) in [7, 11) is 0. The molecular formula is C16H33N3. The van der Waals surface area contributed by atoms with Gasteiger partial charge in [0, 0.05) is 31.7 Å². The summed E-state index contributed by atoms with van der Waals surface area (Å²) in [5.41, 5.74) is 0. The summed E-state index contributed by atoms with van der Waals surface area (Å²) in [4.78, 5) is 5.48. The van der Waals surface area contributed by atoms with Gasteiger partial charge < -0.3 is 5.32 Å². The molecular weight excluding hydrogens is 234 g/mol. The van der Waals surface area contributed by atoms with Gasteiger partial charge in [-0.25, -0.2) is 0 Å². The standard InChI is InChI=1S/C16H33N3/c1-4-8-17-12-16(14(2)3)19-11-7-15(13-19)18-9-5-6-10-18/h14-17H,4-13H2,1-3H3. The number of rotatable bonds is 7. The van der Waals surface area contributed by atoms with Crippen LogP contribution >= 0.6 is 0 Å². The van der Waals surface area contributed by atoms with Crippen molar-refractivity contribution in [2.45, 2.75) is 58.5 Å². The molecule has 0 aliphatic carbocycles. The van der Waals surface area contributed by atoms with Gasteiger partial charge in [0.15, 0.2) is 0 Å². The molecule has 0 bridgehead atoms. The molecule has 3 heteroatoms. The Morgan fingerprint density at radius 3 is 2.53 bits per heavy atom. The molecule has 2 rings (SSSR count). The van der Waals surface area contributed by atoms with Crippen LogP contribution in [0.1, 0.15) is 46.5 Å². The molecule has 0 saturated carbocycles. The summed E-state index contributed by atoms with van der Waals surface area (Å²) in [6.45, 7) is 14.6. The van der Waals surface area contributed by atoms with Crippen LogP contribution in [0.15, 0.2) is 0 Å². The molecule has 0 aromatic heterocycles. The van der Waals surface area contributed by atoms with Crippen molar-refractivity contribution >= 4 is 0 Å². The second-order valence-electron chi connectivity index (χ2n) is 6.70. The summed E-state index contributed by atoms with van der Waals surface area (Å²) < 4.78 is 0. The Balaban J connectivity index is 1.81. The number of likely N-dealkylation sites (tertiary alicyclic amines) is 2. The van der Waals surface area contributed by atoms with Crippen LogP contribution in [0, 0.1) is 5.92 Å². The molecule has 2 atom stereocenters. The van der Waals surface area contributed by atoms with Crippen LogP contribution in [0.25, 0.3) is 0 Å². The van der Waals surface area contributed by atoms with E-state index >= 15 is 0 Å². The average molecular weight is 267 g/mol. The van der Waals surface area contributed by atoms with Gasteiger partial charge in [-0.1, -0.05) is 20.8 Å². The van der Waals surface area contributed by atoms with Crippen molar-refractivity contribution in [3.8, 4) is 0 Å². The predicted molar refractivity (Wildman–Crippen MR) is 82.6 cm³/mol. The van der Waals surface area contributed by atoms with Crippen LogP contribution in [0.3, 0.4) is 0 Å². The van der Waals surface area contributed by atoms with Gasteiger partial charge in [0.05, 0.1) is 0 Å². The van der Waals surface area contributed by atoms with Gasteiger partial charge in [-0.3, -0.25) is 9.80 Å². The molecule has 2 aliphatic heterocycles. The van der Waals surface area contributed by atoms with E-state index in [0.717, 1.165) is 31.1 Å². The van der Waals surface area contributed by atoms with Crippen LogP contribution in [-0.4, -0.2) is 61.2 Å². The molecule has 19 heavy (non-hydrogen) atoms. The number of hydrogen-bond acceptors (Lipinski definition) is 3. The molecule has 1 N–H and O–H groups in total. The van der Waals surface area contributed by atoms with Gasteiger partial charge >= 0.3 is 0 Å². The second kappa shape index (κ2) is 7.61. The van der Waals surface area contributed by atoms with Crippen molar-refractivity contribution in [1.29, 1.82) is 0 Å². The fourth-order valence-corrected chi connectivity index (χ4v) is 3.69. The van der Waals surface area contributed by atoms with E-state index in [1.807, 2.05) is 0 Å².